The molecule has 0 spiro atoms. The number of likely N-dealkylation sites (tertiary alicyclic amines) is 1. The van der Waals surface area contributed by atoms with E-state index in [-0.39, 0.29) is 18.4 Å². The Morgan fingerprint density at radius 2 is 1.85 bits per heavy atom. The van der Waals surface area contributed by atoms with E-state index < -0.39 is 18.0 Å². The predicted octanol–water partition coefficient (Wildman–Crippen LogP) is 3.09. The molecule has 3 rings (SSSR count). The molecule has 1 amide bonds. The van der Waals surface area contributed by atoms with E-state index in [1.165, 1.54) is 0 Å². The fourth-order valence-corrected chi connectivity index (χ4v) is 3.47. The Kier molecular flexibility index (Phi) is 5.26. The van der Waals surface area contributed by atoms with Crippen LogP contribution in [0.2, 0.25) is 0 Å². The Balaban J connectivity index is 1.72. The Morgan fingerprint density at radius 1 is 1.12 bits per heavy atom. The highest BCUT2D eigenvalue weighted by Crippen LogP contribution is 2.33. The number of amides is 1. The maximum Gasteiger partial charge on any atom is 0.308 e. The van der Waals surface area contributed by atoms with Crippen molar-refractivity contribution in [2.45, 2.75) is 25.9 Å². The molecule has 26 heavy (non-hydrogen) atoms. The van der Waals surface area contributed by atoms with E-state index >= 15 is 0 Å². The van der Waals surface area contributed by atoms with Crippen molar-refractivity contribution in [3.05, 3.63) is 65.7 Å². The molecule has 1 N–H and O–H groups in total. The summed E-state index contributed by atoms with van der Waals surface area (Å²) in [6.45, 7) is 4.26. The van der Waals surface area contributed by atoms with Gasteiger partial charge in [0, 0.05) is 19.0 Å². The Morgan fingerprint density at radius 3 is 2.50 bits per heavy atom. The van der Waals surface area contributed by atoms with Crippen LogP contribution in [0, 0.1) is 12.8 Å². The lowest BCUT2D eigenvalue weighted by molar-refractivity contribution is -0.142. The lowest BCUT2D eigenvalue weighted by Crippen LogP contribution is -2.39. The van der Waals surface area contributed by atoms with E-state index in [0.717, 1.165) is 11.1 Å². The second-order valence-electron chi connectivity index (χ2n) is 6.78. The monoisotopic (exact) mass is 353 g/mol. The van der Waals surface area contributed by atoms with Crippen molar-refractivity contribution in [2.75, 3.05) is 13.1 Å². The average Bonchev–Trinajstić information content (AvgIpc) is 3.07. The first-order chi connectivity index (χ1) is 12.5. The minimum atomic E-state index is -0.874. The molecule has 5 nitrogen and oxygen atoms in total. The number of aliphatic carboxylic acids is 1. The minimum absolute atomic E-state index is 0.184. The molecule has 2 aromatic rings. The van der Waals surface area contributed by atoms with Gasteiger partial charge in [0.15, 0.2) is 6.10 Å². The molecule has 0 saturated carbocycles. The van der Waals surface area contributed by atoms with Crippen LogP contribution in [-0.4, -0.2) is 41.1 Å². The number of hydrogen-bond acceptors (Lipinski definition) is 3. The number of carbonyl (C=O) groups excluding carboxylic acids is 1. The summed E-state index contributed by atoms with van der Waals surface area (Å²) in [5.41, 5.74) is 2.00. The molecule has 1 aliphatic rings. The third kappa shape index (κ3) is 3.87. The maximum atomic E-state index is 12.8. The van der Waals surface area contributed by atoms with Crippen LogP contribution < -0.4 is 4.74 Å². The standard InChI is InChI=1S/C21H23NO4/c1-14-7-6-10-17(11-14)26-15(2)20(23)22-12-18(19(13-22)21(24)25)16-8-4-3-5-9-16/h3-11,15,18-19H,12-13H2,1-2H3,(H,24,25)/t15?,18-,19-/m0/s1. The van der Waals surface area contributed by atoms with Crippen LogP contribution >= 0.6 is 0 Å². The first kappa shape index (κ1) is 18.0. The molecule has 5 heteroatoms. The zero-order valence-corrected chi connectivity index (χ0v) is 15.0. The van der Waals surface area contributed by atoms with Gasteiger partial charge in [-0.25, -0.2) is 0 Å². The number of rotatable bonds is 5. The second kappa shape index (κ2) is 7.60. The number of ether oxygens (including phenoxy) is 1. The molecular formula is C21H23NO4. The van der Waals surface area contributed by atoms with Crippen LogP contribution in [0.5, 0.6) is 5.75 Å². The van der Waals surface area contributed by atoms with Crippen molar-refractivity contribution < 1.29 is 19.4 Å². The van der Waals surface area contributed by atoms with Crippen molar-refractivity contribution in [1.82, 2.24) is 4.90 Å². The van der Waals surface area contributed by atoms with E-state index in [1.807, 2.05) is 61.5 Å². The molecule has 0 bridgehead atoms. The van der Waals surface area contributed by atoms with Crippen LogP contribution in [0.15, 0.2) is 54.6 Å². The molecular weight excluding hydrogens is 330 g/mol. The molecule has 3 atom stereocenters. The quantitative estimate of drug-likeness (QED) is 0.897. The van der Waals surface area contributed by atoms with E-state index in [0.29, 0.717) is 12.3 Å². The highest BCUT2D eigenvalue weighted by molar-refractivity contribution is 5.83. The summed E-state index contributed by atoms with van der Waals surface area (Å²) >= 11 is 0. The van der Waals surface area contributed by atoms with Crippen LogP contribution in [0.1, 0.15) is 24.0 Å². The predicted molar refractivity (Wildman–Crippen MR) is 98.2 cm³/mol. The fraction of sp³-hybridized carbons (Fsp3) is 0.333. The highest BCUT2D eigenvalue weighted by atomic mass is 16.5. The smallest absolute Gasteiger partial charge is 0.308 e. The first-order valence-electron chi connectivity index (χ1n) is 8.75. The minimum Gasteiger partial charge on any atom is -0.481 e. The van der Waals surface area contributed by atoms with Crippen molar-refractivity contribution in [3.63, 3.8) is 0 Å². The molecule has 1 saturated heterocycles. The van der Waals surface area contributed by atoms with E-state index in [4.69, 9.17) is 4.74 Å². The third-order valence-corrected chi connectivity index (χ3v) is 4.83. The second-order valence-corrected chi connectivity index (χ2v) is 6.78. The van der Waals surface area contributed by atoms with Crippen molar-refractivity contribution in [2.24, 2.45) is 5.92 Å². The molecule has 1 heterocycles. The van der Waals surface area contributed by atoms with Crippen LogP contribution in [0.4, 0.5) is 0 Å². The van der Waals surface area contributed by atoms with Crippen molar-refractivity contribution in [3.8, 4) is 5.75 Å². The van der Waals surface area contributed by atoms with Gasteiger partial charge in [0.1, 0.15) is 5.75 Å². The summed E-state index contributed by atoms with van der Waals surface area (Å²) in [6.07, 6.45) is -0.666. The highest BCUT2D eigenvalue weighted by Gasteiger charge is 2.41. The molecule has 0 radical (unpaired) electrons. The zero-order chi connectivity index (χ0) is 18.7. The van der Waals surface area contributed by atoms with Gasteiger partial charge < -0.3 is 14.7 Å². The fourth-order valence-electron chi connectivity index (χ4n) is 3.47. The Hall–Kier alpha value is -2.82. The molecule has 0 aliphatic carbocycles. The van der Waals surface area contributed by atoms with Crippen LogP contribution in [0.3, 0.4) is 0 Å². The molecule has 1 unspecified atom stereocenters. The summed E-state index contributed by atoms with van der Waals surface area (Å²) in [6, 6.07) is 17.0. The maximum absolute atomic E-state index is 12.8. The molecule has 2 aromatic carbocycles. The topological polar surface area (TPSA) is 66.8 Å². The summed E-state index contributed by atoms with van der Waals surface area (Å²) < 4.78 is 5.77. The third-order valence-electron chi connectivity index (χ3n) is 4.83. The number of nitrogens with zero attached hydrogens (tertiary/aromatic N) is 1. The van der Waals surface area contributed by atoms with Gasteiger partial charge in [-0.3, -0.25) is 9.59 Å². The van der Waals surface area contributed by atoms with Gasteiger partial charge in [-0.05, 0) is 37.1 Å². The van der Waals surface area contributed by atoms with Gasteiger partial charge in [-0.2, -0.15) is 0 Å². The summed E-state index contributed by atoms with van der Waals surface area (Å²) in [7, 11) is 0. The number of aryl methyl sites for hydroxylation is 1. The number of hydrogen-bond donors (Lipinski definition) is 1. The SMILES string of the molecule is Cc1cccc(OC(C)C(=O)N2C[C@H](C(=O)O)[C@H](c3ccccc3)C2)c1. The van der Waals surface area contributed by atoms with Crippen LogP contribution in [0.25, 0.3) is 0 Å². The normalized spacial score (nSPS) is 20.6. The van der Waals surface area contributed by atoms with Gasteiger partial charge in [0.05, 0.1) is 5.92 Å². The van der Waals surface area contributed by atoms with Crippen molar-refractivity contribution in [1.29, 1.82) is 0 Å². The molecule has 0 aromatic heterocycles. The summed E-state index contributed by atoms with van der Waals surface area (Å²) in [4.78, 5) is 26.1. The van der Waals surface area contributed by atoms with E-state index in [2.05, 4.69) is 0 Å². The zero-order valence-electron chi connectivity index (χ0n) is 15.0. The summed E-state index contributed by atoms with van der Waals surface area (Å²) in [5, 5.41) is 9.58. The van der Waals surface area contributed by atoms with Crippen molar-refractivity contribution >= 4 is 11.9 Å². The van der Waals surface area contributed by atoms with Gasteiger partial charge in [0.25, 0.3) is 5.91 Å². The van der Waals surface area contributed by atoms with E-state index in [1.54, 1.807) is 11.8 Å². The molecule has 136 valence electrons. The van der Waals surface area contributed by atoms with E-state index in [9.17, 15) is 14.7 Å². The lowest BCUT2D eigenvalue weighted by atomic mass is 9.89. The average molecular weight is 353 g/mol. The number of carboxylic acids is 1. The summed E-state index contributed by atoms with van der Waals surface area (Å²) in [5.74, 6) is -1.23. The largest absolute Gasteiger partial charge is 0.481 e. The molecule has 1 fully saturated rings. The van der Waals surface area contributed by atoms with Gasteiger partial charge >= 0.3 is 5.97 Å². The molecule has 1 aliphatic heterocycles. The van der Waals surface area contributed by atoms with Gasteiger partial charge in [0.2, 0.25) is 0 Å². The van der Waals surface area contributed by atoms with Gasteiger partial charge in [-0.15, -0.1) is 0 Å². The lowest BCUT2D eigenvalue weighted by Gasteiger charge is -2.22. The number of carbonyl (C=O) groups is 2. The Bertz CT molecular complexity index is 790. The number of benzene rings is 2. The van der Waals surface area contributed by atoms with Crippen LogP contribution in [-0.2, 0) is 9.59 Å². The number of carboxylic acid groups (broad SMARTS) is 1. The Labute approximate surface area is 153 Å². The first-order valence-corrected chi connectivity index (χ1v) is 8.75. The van der Waals surface area contributed by atoms with Gasteiger partial charge in [-0.1, -0.05) is 42.5 Å².